The van der Waals surface area contributed by atoms with Crippen LogP contribution in [0.5, 0.6) is 5.75 Å². The minimum absolute atomic E-state index is 0.0225. The van der Waals surface area contributed by atoms with E-state index in [1.54, 1.807) is 48.8 Å². The van der Waals surface area contributed by atoms with Crippen LogP contribution in [0.15, 0.2) is 48.8 Å². The van der Waals surface area contributed by atoms with Gasteiger partial charge in [-0.2, -0.15) is 5.26 Å². The van der Waals surface area contributed by atoms with Crippen LogP contribution in [-0.4, -0.2) is 118 Å². The molecule has 6 heterocycles. The van der Waals surface area contributed by atoms with Crippen molar-refractivity contribution in [3.05, 3.63) is 76.1 Å². The molecule has 3 atom stereocenters. The maximum atomic E-state index is 13.6. The number of amides is 5. The molecule has 2 bridgehead atoms. The Morgan fingerprint density at radius 1 is 0.881 bits per heavy atom. The molecule has 308 valence electrons. The topological polar surface area (TPSA) is 181 Å². The summed E-state index contributed by atoms with van der Waals surface area (Å²) in [5, 5.41) is 15.1. The number of piperazine rings is 1. The van der Waals surface area contributed by atoms with Crippen LogP contribution in [0.3, 0.4) is 0 Å². The number of hydrogen-bond acceptors (Lipinski definition) is 12. The van der Waals surface area contributed by atoms with Gasteiger partial charge in [0.1, 0.15) is 24.0 Å². The van der Waals surface area contributed by atoms with Gasteiger partial charge in [0, 0.05) is 88.2 Å². The van der Waals surface area contributed by atoms with Gasteiger partial charge < -0.3 is 19.9 Å². The second kappa shape index (κ2) is 17.7. The van der Waals surface area contributed by atoms with E-state index in [9.17, 15) is 24.0 Å². The maximum Gasteiger partial charge on any atom is 0.262 e. The smallest absolute Gasteiger partial charge is 0.262 e. The second-order valence-corrected chi connectivity index (χ2v) is 16.5. The largest absolute Gasteiger partial charge is 0.490 e. The van der Waals surface area contributed by atoms with E-state index in [0.717, 1.165) is 108 Å². The minimum Gasteiger partial charge on any atom is -0.490 e. The summed E-state index contributed by atoms with van der Waals surface area (Å²) in [6.07, 6.45) is 12.3. The summed E-state index contributed by atoms with van der Waals surface area (Å²) in [7, 11) is 0. The Kier molecular flexibility index (Phi) is 12.1. The third-order valence-electron chi connectivity index (χ3n) is 12.2. The van der Waals surface area contributed by atoms with Gasteiger partial charge in [-0.3, -0.25) is 39.1 Å². The molecule has 3 unspecified atom stereocenters. The zero-order valence-electron chi connectivity index (χ0n) is 32.9. The van der Waals surface area contributed by atoms with Crippen molar-refractivity contribution in [2.24, 2.45) is 0 Å². The number of halogens is 1. The van der Waals surface area contributed by atoms with E-state index in [4.69, 9.17) is 21.6 Å². The highest BCUT2D eigenvalue weighted by Crippen LogP contribution is 2.39. The average Bonchev–Trinajstić information content (AvgIpc) is 3.65. The van der Waals surface area contributed by atoms with E-state index >= 15 is 0 Å². The first kappa shape index (κ1) is 40.2. The summed E-state index contributed by atoms with van der Waals surface area (Å²) in [5.41, 5.74) is 2.23. The van der Waals surface area contributed by atoms with Crippen molar-refractivity contribution in [1.82, 2.24) is 30.0 Å². The number of unbranched alkanes of at least 4 members (excludes halogenated alkanes) is 4. The lowest BCUT2D eigenvalue weighted by Crippen LogP contribution is -2.54. The van der Waals surface area contributed by atoms with Crippen LogP contribution in [0.25, 0.3) is 0 Å². The molecular formula is C43H48ClN9O6. The van der Waals surface area contributed by atoms with Crippen molar-refractivity contribution in [2.75, 3.05) is 49.5 Å². The van der Waals surface area contributed by atoms with Crippen LogP contribution in [0.4, 0.5) is 11.6 Å². The monoisotopic (exact) mass is 821 g/mol. The summed E-state index contributed by atoms with van der Waals surface area (Å²) in [6, 6.07) is 11.5. The fraction of sp³-hybridized carbons (Fsp3) is 0.488. The zero-order chi connectivity index (χ0) is 41.0. The fourth-order valence-corrected chi connectivity index (χ4v) is 9.34. The van der Waals surface area contributed by atoms with Crippen LogP contribution in [0.1, 0.15) is 107 Å². The predicted molar refractivity (Wildman–Crippen MR) is 218 cm³/mol. The lowest BCUT2D eigenvalue weighted by atomic mass is 9.98. The lowest BCUT2D eigenvalue weighted by Gasteiger charge is -2.39. The summed E-state index contributed by atoms with van der Waals surface area (Å²) < 4.78 is 6.24. The number of hydrogen-bond donors (Lipinski definition) is 2. The first-order chi connectivity index (χ1) is 28.7. The molecule has 5 aliphatic rings. The molecule has 8 rings (SSSR count). The molecule has 0 aliphatic carbocycles. The van der Waals surface area contributed by atoms with Crippen molar-refractivity contribution < 1.29 is 28.7 Å². The first-order valence-electron chi connectivity index (χ1n) is 20.7. The minimum atomic E-state index is -0.970. The number of imide groups is 2. The number of piperidine rings is 2. The second-order valence-electron chi connectivity index (χ2n) is 16.1. The maximum absolute atomic E-state index is 13.6. The Balaban J connectivity index is 0.704. The normalized spacial score (nSPS) is 22.9. The van der Waals surface area contributed by atoms with E-state index in [1.165, 1.54) is 0 Å². The van der Waals surface area contributed by atoms with Gasteiger partial charge in [-0.15, -0.1) is 0 Å². The number of nitriles is 1. The molecule has 0 radical (unpaired) electrons. The lowest BCUT2D eigenvalue weighted by molar-refractivity contribution is -0.136. The molecule has 0 spiro atoms. The van der Waals surface area contributed by atoms with Crippen molar-refractivity contribution in [3.63, 3.8) is 0 Å². The van der Waals surface area contributed by atoms with Gasteiger partial charge in [0.05, 0.1) is 27.3 Å². The highest BCUT2D eigenvalue weighted by atomic mass is 35.5. The molecule has 5 aliphatic heterocycles. The van der Waals surface area contributed by atoms with Crippen LogP contribution in [0, 0.1) is 11.3 Å². The van der Waals surface area contributed by atoms with E-state index < -0.39 is 29.7 Å². The Morgan fingerprint density at radius 3 is 2.31 bits per heavy atom. The number of fused-ring (bicyclic) bond motifs is 3. The molecule has 4 fully saturated rings. The molecule has 2 N–H and O–H groups in total. The molecule has 15 nitrogen and oxygen atoms in total. The third-order valence-corrected chi connectivity index (χ3v) is 12.6. The highest BCUT2D eigenvalue weighted by molar-refractivity contribution is 6.31. The summed E-state index contributed by atoms with van der Waals surface area (Å²) >= 11 is 6.21. The van der Waals surface area contributed by atoms with Crippen LogP contribution < -0.4 is 20.3 Å². The van der Waals surface area contributed by atoms with Crippen LogP contribution in [-0.2, 0) is 9.59 Å². The first-order valence-corrected chi connectivity index (χ1v) is 21.1. The van der Waals surface area contributed by atoms with Gasteiger partial charge in [-0.25, -0.2) is 9.97 Å². The van der Waals surface area contributed by atoms with Crippen LogP contribution >= 0.6 is 11.6 Å². The number of carbonyl (C=O) groups is 5. The Labute approximate surface area is 348 Å². The van der Waals surface area contributed by atoms with Gasteiger partial charge in [0.15, 0.2) is 0 Å². The number of carbonyl (C=O) groups excluding carboxylic acids is 5. The van der Waals surface area contributed by atoms with Crippen LogP contribution in [0.2, 0.25) is 5.02 Å². The quantitative estimate of drug-likeness (QED) is 0.168. The summed E-state index contributed by atoms with van der Waals surface area (Å²) in [5.74, 6) is -0.746. The number of benzene rings is 2. The Hall–Kier alpha value is -5.59. The molecular weight excluding hydrogens is 774 g/mol. The predicted octanol–water partition coefficient (Wildman–Crippen LogP) is 4.80. The fourth-order valence-electron chi connectivity index (χ4n) is 9.13. The van der Waals surface area contributed by atoms with E-state index in [1.807, 2.05) is 4.90 Å². The van der Waals surface area contributed by atoms with Gasteiger partial charge in [0.2, 0.25) is 17.8 Å². The summed E-state index contributed by atoms with van der Waals surface area (Å²) in [6.45, 7) is 5.32. The average molecular weight is 822 g/mol. The van der Waals surface area contributed by atoms with Gasteiger partial charge in [0.25, 0.3) is 17.7 Å². The number of nitrogens with one attached hydrogen (secondary N) is 2. The number of ether oxygens (including phenoxy) is 1. The summed E-state index contributed by atoms with van der Waals surface area (Å²) in [4.78, 5) is 80.4. The highest BCUT2D eigenvalue weighted by Gasteiger charge is 2.46. The molecule has 16 heteroatoms. The Morgan fingerprint density at radius 2 is 1.59 bits per heavy atom. The van der Waals surface area contributed by atoms with Gasteiger partial charge in [-0.1, -0.05) is 30.9 Å². The standard InChI is InChI=1S/C43H48ClN9O6/c44-36-23-32(10-6-27(36)24-45)59-33-21-30-8-9-31(22-33)52(30)40(56)28-25-47-43(48-26-28)51-18-16-50(17-19-51)15-5-3-1-2-4-14-46-29-7-11-34-35(20-29)42(58)53(41(34)57)37-12-13-38(54)49-39(37)55/h6-7,10-11,20,23,25-26,30-31,33,37,46H,1-5,8-9,12-19,21-22H2,(H,49,54,55). The molecule has 5 amide bonds. The van der Waals surface area contributed by atoms with Crippen molar-refractivity contribution in [1.29, 1.82) is 5.26 Å². The molecule has 0 saturated carbocycles. The van der Waals surface area contributed by atoms with Gasteiger partial charge >= 0.3 is 0 Å². The molecule has 59 heavy (non-hydrogen) atoms. The zero-order valence-corrected chi connectivity index (χ0v) is 33.7. The molecule has 3 aromatic rings. The van der Waals surface area contributed by atoms with Crippen molar-refractivity contribution >= 4 is 52.8 Å². The van der Waals surface area contributed by atoms with Gasteiger partial charge in [-0.05, 0) is 69.0 Å². The number of nitrogens with zero attached hydrogens (tertiary/aromatic N) is 7. The van der Waals surface area contributed by atoms with E-state index in [-0.39, 0.29) is 48.1 Å². The number of rotatable bonds is 14. The molecule has 1 aromatic heterocycles. The van der Waals surface area contributed by atoms with E-state index in [0.29, 0.717) is 27.8 Å². The number of aromatic nitrogens is 2. The third kappa shape index (κ3) is 8.74. The van der Waals surface area contributed by atoms with Crippen molar-refractivity contribution in [3.8, 4) is 11.8 Å². The molecule has 4 saturated heterocycles. The van der Waals surface area contributed by atoms with E-state index in [2.05, 4.69) is 36.5 Å². The number of anilines is 2. The molecule has 2 aromatic carbocycles. The van der Waals surface area contributed by atoms with Crippen molar-refractivity contribution in [2.45, 2.75) is 94.9 Å². The Bertz CT molecular complexity index is 2140. The SMILES string of the molecule is N#Cc1ccc(OC2CC3CCC(C2)N3C(=O)c2cnc(N3CCN(CCCCCCCNc4ccc5c(c4)C(=O)N(C4CCC(=O)NC4=O)C5=O)CC3)nc2)cc1Cl.